The molecular formula is C11H15N3O2. The van der Waals surface area contributed by atoms with Crippen LogP contribution in [0.15, 0.2) is 29.7 Å². The smallest absolute Gasteiger partial charge is 0.291 e. The molecule has 5 nitrogen and oxygen atoms in total. The van der Waals surface area contributed by atoms with Crippen LogP contribution in [0.1, 0.15) is 20.8 Å². The highest BCUT2D eigenvalue weighted by atomic mass is 16.2. The Morgan fingerprint density at radius 3 is 2.69 bits per heavy atom. The van der Waals surface area contributed by atoms with Crippen LogP contribution in [0.25, 0.3) is 0 Å². The Morgan fingerprint density at radius 2 is 2.19 bits per heavy atom. The van der Waals surface area contributed by atoms with Gasteiger partial charge >= 0.3 is 0 Å². The lowest BCUT2D eigenvalue weighted by atomic mass is 10.1. The van der Waals surface area contributed by atoms with Gasteiger partial charge in [0, 0.05) is 6.20 Å². The standard InChI is InChI=1S/C11H15N3O2/c1-5-9(15)13-8-6-7-12-14(10(8)16)11(2,3)4/h5-7H,1H2,2-4H3,(H,13,15). The Balaban J connectivity index is 3.20. The molecule has 0 aliphatic rings. The third kappa shape index (κ3) is 2.56. The van der Waals surface area contributed by atoms with Crippen molar-refractivity contribution in [3.63, 3.8) is 0 Å². The van der Waals surface area contributed by atoms with Crippen LogP contribution in [0.5, 0.6) is 0 Å². The highest BCUT2D eigenvalue weighted by molar-refractivity contribution is 5.98. The monoisotopic (exact) mass is 221 g/mol. The highest BCUT2D eigenvalue weighted by Gasteiger charge is 2.17. The van der Waals surface area contributed by atoms with Crippen LogP contribution in [0.3, 0.4) is 0 Å². The predicted octanol–water partition coefficient (Wildman–Crippen LogP) is 1.12. The van der Waals surface area contributed by atoms with Gasteiger partial charge in [0.05, 0.1) is 5.54 Å². The van der Waals surface area contributed by atoms with E-state index in [0.717, 1.165) is 6.08 Å². The van der Waals surface area contributed by atoms with Crippen molar-refractivity contribution in [1.29, 1.82) is 0 Å². The first-order valence-corrected chi connectivity index (χ1v) is 4.88. The van der Waals surface area contributed by atoms with Gasteiger partial charge in [-0.3, -0.25) is 9.59 Å². The van der Waals surface area contributed by atoms with Crippen molar-refractivity contribution in [2.24, 2.45) is 0 Å². The van der Waals surface area contributed by atoms with Gasteiger partial charge in [-0.25, -0.2) is 4.68 Å². The highest BCUT2D eigenvalue weighted by Crippen LogP contribution is 2.09. The molecule has 1 aromatic heterocycles. The van der Waals surface area contributed by atoms with Crippen molar-refractivity contribution in [3.8, 4) is 0 Å². The zero-order chi connectivity index (χ0) is 12.3. The molecule has 1 heterocycles. The fourth-order valence-electron chi connectivity index (χ4n) is 1.17. The Kier molecular flexibility index (Phi) is 3.27. The van der Waals surface area contributed by atoms with Gasteiger partial charge in [0.1, 0.15) is 5.69 Å². The van der Waals surface area contributed by atoms with E-state index in [-0.39, 0.29) is 11.2 Å². The van der Waals surface area contributed by atoms with E-state index >= 15 is 0 Å². The lowest BCUT2D eigenvalue weighted by molar-refractivity contribution is -0.111. The maximum Gasteiger partial charge on any atom is 0.291 e. The average molecular weight is 221 g/mol. The van der Waals surface area contributed by atoms with Crippen LogP contribution in [0.4, 0.5) is 5.69 Å². The second-order valence-corrected chi connectivity index (χ2v) is 4.33. The minimum absolute atomic E-state index is 0.204. The minimum atomic E-state index is -0.425. The molecule has 1 N–H and O–H groups in total. The first-order valence-electron chi connectivity index (χ1n) is 4.88. The molecule has 0 fully saturated rings. The minimum Gasteiger partial charge on any atom is -0.318 e. The van der Waals surface area contributed by atoms with E-state index in [2.05, 4.69) is 17.0 Å². The lowest BCUT2D eigenvalue weighted by Crippen LogP contribution is -2.37. The third-order valence-electron chi connectivity index (χ3n) is 1.92. The predicted molar refractivity (Wildman–Crippen MR) is 62.3 cm³/mol. The van der Waals surface area contributed by atoms with Crippen LogP contribution >= 0.6 is 0 Å². The Morgan fingerprint density at radius 1 is 1.56 bits per heavy atom. The van der Waals surface area contributed by atoms with Crippen LogP contribution in [-0.4, -0.2) is 15.7 Å². The maximum absolute atomic E-state index is 11.9. The van der Waals surface area contributed by atoms with Crippen LogP contribution < -0.4 is 10.9 Å². The second kappa shape index (κ2) is 4.30. The number of hydrogen-bond acceptors (Lipinski definition) is 3. The molecule has 0 radical (unpaired) electrons. The van der Waals surface area contributed by atoms with Crippen molar-refractivity contribution in [1.82, 2.24) is 9.78 Å². The summed E-state index contributed by atoms with van der Waals surface area (Å²) in [6.45, 7) is 8.91. The third-order valence-corrected chi connectivity index (χ3v) is 1.92. The molecule has 1 aromatic rings. The molecule has 0 saturated heterocycles. The number of hydrogen-bond donors (Lipinski definition) is 1. The van der Waals surface area contributed by atoms with E-state index < -0.39 is 11.4 Å². The van der Waals surface area contributed by atoms with Gasteiger partial charge < -0.3 is 5.32 Å². The topological polar surface area (TPSA) is 64.0 Å². The Bertz CT molecular complexity index is 469. The van der Waals surface area contributed by atoms with E-state index in [1.165, 1.54) is 16.9 Å². The summed E-state index contributed by atoms with van der Waals surface area (Å²) in [5, 5.41) is 6.41. The van der Waals surface area contributed by atoms with Gasteiger partial charge in [-0.1, -0.05) is 6.58 Å². The summed E-state index contributed by atoms with van der Waals surface area (Å²) in [5.41, 5.74) is -0.550. The summed E-state index contributed by atoms with van der Waals surface area (Å²) in [6, 6.07) is 1.46. The number of nitrogens with one attached hydrogen (secondary N) is 1. The molecule has 0 unspecified atom stereocenters. The van der Waals surface area contributed by atoms with Gasteiger partial charge in [-0.15, -0.1) is 0 Å². The van der Waals surface area contributed by atoms with Gasteiger partial charge in [-0.05, 0) is 32.9 Å². The van der Waals surface area contributed by atoms with Crippen molar-refractivity contribution in [2.75, 3.05) is 5.32 Å². The molecule has 5 heteroatoms. The van der Waals surface area contributed by atoms with Crippen LogP contribution in [0, 0.1) is 0 Å². The summed E-state index contributed by atoms with van der Waals surface area (Å²) in [6.07, 6.45) is 2.59. The molecule has 0 aliphatic heterocycles. The number of carbonyl (C=O) groups is 1. The number of carbonyl (C=O) groups excluding carboxylic acids is 1. The largest absolute Gasteiger partial charge is 0.318 e. The fraction of sp³-hybridized carbons (Fsp3) is 0.364. The summed E-state index contributed by atoms with van der Waals surface area (Å²) < 4.78 is 1.33. The quantitative estimate of drug-likeness (QED) is 0.761. The van der Waals surface area contributed by atoms with Gasteiger partial charge in [0.2, 0.25) is 5.91 Å². The second-order valence-electron chi connectivity index (χ2n) is 4.33. The first-order chi connectivity index (χ1) is 7.36. The number of nitrogens with zero attached hydrogens (tertiary/aromatic N) is 2. The van der Waals surface area contributed by atoms with Crippen LogP contribution in [0.2, 0.25) is 0 Å². The normalized spacial score (nSPS) is 10.9. The molecule has 0 saturated carbocycles. The maximum atomic E-state index is 11.9. The van der Waals surface area contributed by atoms with Gasteiger partial charge in [0.15, 0.2) is 0 Å². The van der Waals surface area contributed by atoms with E-state index in [1.54, 1.807) is 0 Å². The molecule has 1 rings (SSSR count). The van der Waals surface area contributed by atoms with E-state index in [1.807, 2.05) is 20.8 Å². The SMILES string of the molecule is C=CC(=O)Nc1ccnn(C(C)(C)C)c1=O. The molecule has 86 valence electrons. The van der Waals surface area contributed by atoms with Gasteiger partial charge in [0.25, 0.3) is 5.56 Å². The Labute approximate surface area is 93.8 Å². The summed E-state index contributed by atoms with van der Waals surface area (Å²) in [4.78, 5) is 23.0. The molecule has 16 heavy (non-hydrogen) atoms. The van der Waals surface area contributed by atoms with E-state index in [4.69, 9.17) is 0 Å². The molecule has 0 aromatic carbocycles. The van der Waals surface area contributed by atoms with Crippen molar-refractivity contribution >= 4 is 11.6 Å². The molecule has 0 aliphatic carbocycles. The Hall–Kier alpha value is -1.91. The number of aromatic nitrogens is 2. The molecule has 0 atom stereocenters. The summed E-state index contributed by atoms with van der Waals surface area (Å²) in [7, 11) is 0. The zero-order valence-corrected chi connectivity index (χ0v) is 9.65. The average Bonchev–Trinajstić information content (AvgIpc) is 2.19. The first kappa shape index (κ1) is 12.2. The molecule has 1 amide bonds. The summed E-state index contributed by atoms with van der Waals surface area (Å²) >= 11 is 0. The fourth-order valence-corrected chi connectivity index (χ4v) is 1.17. The van der Waals surface area contributed by atoms with Gasteiger partial charge in [-0.2, -0.15) is 5.10 Å². The summed E-state index contributed by atoms with van der Waals surface area (Å²) in [5.74, 6) is -0.413. The zero-order valence-electron chi connectivity index (χ0n) is 9.65. The number of anilines is 1. The lowest BCUT2D eigenvalue weighted by Gasteiger charge is -2.20. The van der Waals surface area contributed by atoms with E-state index in [9.17, 15) is 9.59 Å². The van der Waals surface area contributed by atoms with E-state index in [0.29, 0.717) is 0 Å². The van der Waals surface area contributed by atoms with Crippen molar-refractivity contribution in [2.45, 2.75) is 26.3 Å². The molecule has 0 bridgehead atoms. The van der Waals surface area contributed by atoms with Crippen molar-refractivity contribution < 1.29 is 4.79 Å². The molecule has 0 spiro atoms. The number of rotatable bonds is 2. The molecular weight excluding hydrogens is 206 g/mol. The number of amides is 1. The van der Waals surface area contributed by atoms with Crippen molar-refractivity contribution in [3.05, 3.63) is 35.3 Å². The van der Waals surface area contributed by atoms with Crippen LogP contribution in [-0.2, 0) is 10.3 Å².